The van der Waals surface area contributed by atoms with Crippen molar-refractivity contribution in [2.24, 2.45) is 0 Å². The summed E-state index contributed by atoms with van der Waals surface area (Å²) in [6.45, 7) is 3.34. The first kappa shape index (κ1) is 17.5. The van der Waals surface area contributed by atoms with Crippen LogP contribution in [0.2, 0.25) is 5.02 Å². The third-order valence-corrected chi connectivity index (χ3v) is 3.10. The maximum Gasteiger partial charge on any atom is 0.424 e. The smallest absolute Gasteiger partial charge is 0.424 e. The van der Waals surface area contributed by atoms with Crippen LogP contribution < -0.4 is 4.74 Å². The van der Waals surface area contributed by atoms with Gasteiger partial charge in [0.15, 0.2) is 17.9 Å². The summed E-state index contributed by atoms with van der Waals surface area (Å²) in [5, 5.41) is 9.07. The molecule has 21 heavy (non-hydrogen) atoms. The van der Waals surface area contributed by atoms with Crippen molar-refractivity contribution in [3.8, 4) is 5.75 Å². The Hall–Kier alpha value is -1.60. The van der Waals surface area contributed by atoms with Crippen LogP contribution in [0.3, 0.4) is 0 Å². The molecule has 8 heteroatoms. The summed E-state index contributed by atoms with van der Waals surface area (Å²) in [7, 11) is 1.10. The second kappa shape index (κ2) is 6.03. The number of ether oxygens (including phenoxy) is 1. The van der Waals surface area contributed by atoms with Crippen molar-refractivity contribution in [3.05, 3.63) is 35.1 Å². The molecule has 0 amide bonds. The molecule has 3 nitrogen and oxygen atoms in total. The van der Waals surface area contributed by atoms with Crippen molar-refractivity contribution < 1.29 is 32.2 Å². The van der Waals surface area contributed by atoms with Crippen molar-refractivity contribution >= 4 is 23.5 Å². The fourth-order valence-electron chi connectivity index (χ4n) is 1.64. The first-order valence-electron chi connectivity index (χ1n) is 5.53. The molecule has 0 bridgehead atoms. The maximum atomic E-state index is 13.7. The minimum Gasteiger partial charge on any atom is -0.493 e. The highest BCUT2D eigenvalue weighted by Crippen LogP contribution is 2.39. The van der Waals surface area contributed by atoms with Gasteiger partial charge in [0.2, 0.25) is 5.60 Å². The Morgan fingerprint density at radius 2 is 2.05 bits per heavy atom. The minimum atomic E-state index is -5.18. The lowest BCUT2D eigenvalue weighted by atomic mass is 9.91. The summed E-state index contributed by atoms with van der Waals surface area (Å²) in [5.74, 6) is -1.39. The van der Waals surface area contributed by atoms with Gasteiger partial charge in [0.1, 0.15) is 0 Å². The van der Waals surface area contributed by atoms with Crippen LogP contribution in [0.5, 0.6) is 5.75 Å². The molecule has 0 saturated heterocycles. The van der Waals surface area contributed by atoms with Crippen LogP contribution in [0.25, 0.3) is 5.57 Å². The standard InChI is InChI=1S/C13H11ClF4O3/c1-7(5-12(20,6-19)13(16,17)18)8-3-4-9(14)10(15)11(8)21-2/h3-4,6,20H,1,5H2,2H3. The zero-order valence-corrected chi connectivity index (χ0v) is 11.6. The van der Waals surface area contributed by atoms with Gasteiger partial charge in [-0.25, -0.2) is 4.39 Å². The highest BCUT2D eigenvalue weighted by Gasteiger charge is 2.54. The molecule has 0 radical (unpaired) electrons. The highest BCUT2D eigenvalue weighted by molar-refractivity contribution is 6.31. The van der Waals surface area contributed by atoms with Crippen molar-refractivity contribution in [2.75, 3.05) is 7.11 Å². The van der Waals surface area contributed by atoms with Gasteiger partial charge in [-0.05, 0) is 17.7 Å². The van der Waals surface area contributed by atoms with Gasteiger partial charge >= 0.3 is 6.18 Å². The second-order valence-corrected chi connectivity index (χ2v) is 4.67. The van der Waals surface area contributed by atoms with Crippen molar-refractivity contribution in [1.29, 1.82) is 0 Å². The zero-order valence-electron chi connectivity index (χ0n) is 10.8. The quantitative estimate of drug-likeness (QED) is 0.666. The molecule has 0 aromatic heterocycles. The number of methoxy groups -OCH3 is 1. The first-order chi connectivity index (χ1) is 9.57. The largest absolute Gasteiger partial charge is 0.493 e. The predicted molar refractivity (Wildman–Crippen MR) is 68.7 cm³/mol. The van der Waals surface area contributed by atoms with E-state index in [1.165, 1.54) is 6.07 Å². The molecule has 0 heterocycles. The van der Waals surface area contributed by atoms with E-state index in [0.717, 1.165) is 13.2 Å². The minimum absolute atomic E-state index is 0.121. The SMILES string of the molecule is C=C(CC(O)(C=O)C(F)(F)F)c1ccc(Cl)c(F)c1OC. The predicted octanol–water partition coefficient (Wildman–Crippen LogP) is 3.38. The van der Waals surface area contributed by atoms with Crippen molar-refractivity contribution in [3.63, 3.8) is 0 Å². The summed E-state index contributed by atoms with van der Waals surface area (Å²) in [6.07, 6.45) is -6.97. The number of aliphatic hydroxyl groups is 1. The number of benzene rings is 1. The van der Waals surface area contributed by atoms with Gasteiger partial charge in [-0.3, -0.25) is 4.79 Å². The van der Waals surface area contributed by atoms with Crippen LogP contribution >= 0.6 is 11.6 Å². The van der Waals surface area contributed by atoms with Crippen LogP contribution in [-0.4, -0.2) is 30.3 Å². The number of hydrogen-bond acceptors (Lipinski definition) is 3. The molecule has 1 unspecified atom stereocenters. The molecule has 1 aromatic rings. The van der Waals surface area contributed by atoms with E-state index in [0.29, 0.717) is 0 Å². The van der Waals surface area contributed by atoms with Gasteiger partial charge < -0.3 is 9.84 Å². The number of carbonyl (C=O) groups excluding carboxylic acids is 1. The Kier molecular flexibility index (Phi) is 5.01. The van der Waals surface area contributed by atoms with E-state index in [1.54, 1.807) is 0 Å². The number of alkyl halides is 3. The number of carbonyl (C=O) groups is 1. The first-order valence-corrected chi connectivity index (χ1v) is 5.90. The molecule has 0 aliphatic heterocycles. The normalized spacial score (nSPS) is 14.4. The Balaban J connectivity index is 3.22. The van der Waals surface area contributed by atoms with Gasteiger partial charge in [0, 0.05) is 12.0 Å². The van der Waals surface area contributed by atoms with Crippen LogP contribution in [0.4, 0.5) is 17.6 Å². The molecule has 0 fully saturated rings. The second-order valence-electron chi connectivity index (χ2n) is 4.26. The van der Waals surface area contributed by atoms with Crippen LogP contribution in [-0.2, 0) is 4.79 Å². The molecule has 1 N–H and O–H groups in total. The van der Waals surface area contributed by atoms with Gasteiger partial charge in [0.05, 0.1) is 12.1 Å². The van der Waals surface area contributed by atoms with Gasteiger partial charge in [-0.15, -0.1) is 0 Å². The number of aldehydes is 1. The molecule has 1 rings (SSSR count). The maximum absolute atomic E-state index is 13.7. The third kappa shape index (κ3) is 3.36. The van der Waals surface area contributed by atoms with Crippen LogP contribution in [0.15, 0.2) is 18.7 Å². The molecule has 116 valence electrons. The number of hydrogen-bond donors (Lipinski definition) is 1. The lowest BCUT2D eigenvalue weighted by molar-refractivity contribution is -0.242. The van der Waals surface area contributed by atoms with E-state index >= 15 is 0 Å². The summed E-state index contributed by atoms with van der Waals surface area (Å²) in [5.41, 5.74) is -4.05. The summed E-state index contributed by atoms with van der Waals surface area (Å²) in [4.78, 5) is 10.6. The van der Waals surface area contributed by atoms with Gasteiger partial charge in [-0.2, -0.15) is 13.2 Å². The van der Waals surface area contributed by atoms with E-state index in [9.17, 15) is 27.5 Å². The molecule has 0 spiro atoms. The summed E-state index contributed by atoms with van der Waals surface area (Å²) < 4.78 is 56.4. The molecule has 0 saturated carbocycles. The average molecular weight is 327 g/mol. The highest BCUT2D eigenvalue weighted by atomic mass is 35.5. The topological polar surface area (TPSA) is 46.5 Å². The van der Waals surface area contributed by atoms with Gasteiger partial charge in [-0.1, -0.05) is 18.2 Å². The number of halogens is 5. The van der Waals surface area contributed by atoms with E-state index < -0.39 is 36.1 Å². The van der Waals surface area contributed by atoms with E-state index in [1.807, 2.05) is 0 Å². The third-order valence-electron chi connectivity index (χ3n) is 2.80. The Morgan fingerprint density at radius 1 is 1.48 bits per heavy atom. The van der Waals surface area contributed by atoms with Crippen LogP contribution in [0.1, 0.15) is 12.0 Å². The fraction of sp³-hybridized carbons (Fsp3) is 0.308. The molecular weight excluding hydrogens is 316 g/mol. The molecular formula is C13H11ClF4O3. The van der Waals surface area contributed by atoms with E-state index in [4.69, 9.17) is 16.3 Å². The summed E-state index contributed by atoms with van der Waals surface area (Å²) in [6, 6.07) is 2.29. The average Bonchev–Trinajstić information content (AvgIpc) is 2.39. The molecule has 1 aromatic carbocycles. The zero-order chi connectivity index (χ0) is 16.4. The fourth-order valence-corrected chi connectivity index (χ4v) is 1.79. The molecule has 0 aliphatic rings. The Morgan fingerprint density at radius 3 is 2.48 bits per heavy atom. The monoisotopic (exact) mass is 326 g/mol. The van der Waals surface area contributed by atoms with Crippen LogP contribution in [0, 0.1) is 5.82 Å². The molecule has 1 atom stereocenters. The van der Waals surface area contributed by atoms with E-state index in [-0.39, 0.29) is 16.2 Å². The Bertz CT molecular complexity index is 571. The molecule has 0 aliphatic carbocycles. The van der Waals surface area contributed by atoms with Gasteiger partial charge in [0.25, 0.3) is 0 Å². The Labute approximate surface area is 122 Å². The van der Waals surface area contributed by atoms with Crippen molar-refractivity contribution in [2.45, 2.75) is 18.2 Å². The lowest BCUT2D eigenvalue weighted by Crippen LogP contribution is -2.46. The van der Waals surface area contributed by atoms with Crippen molar-refractivity contribution in [1.82, 2.24) is 0 Å². The lowest BCUT2D eigenvalue weighted by Gasteiger charge is -2.26. The number of rotatable bonds is 5. The van der Waals surface area contributed by atoms with E-state index in [2.05, 4.69) is 6.58 Å². The summed E-state index contributed by atoms with van der Waals surface area (Å²) >= 11 is 5.53.